The van der Waals surface area contributed by atoms with Crippen LogP contribution in [0.15, 0.2) is 12.2 Å². The van der Waals surface area contributed by atoms with E-state index >= 15 is 0 Å². The van der Waals surface area contributed by atoms with Gasteiger partial charge in [-0.15, -0.1) is 0 Å². The Morgan fingerprint density at radius 3 is 2.53 bits per heavy atom. The quantitative estimate of drug-likeness (QED) is 0.213. The van der Waals surface area contributed by atoms with Crippen LogP contribution in [0.4, 0.5) is 0 Å². The SMILES string of the molecule is CCCCCCCCC(O)CNC1CC2CC(C1CC=CCCCC(=O)O)C2(C)C. The molecule has 30 heavy (non-hydrogen) atoms. The second kappa shape index (κ2) is 12.9. The van der Waals surface area contributed by atoms with E-state index in [4.69, 9.17) is 5.11 Å². The van der Waals surface area contributed by atoms with Crippen molar-refractivity contribution in [3.05, 3.63) is 12.2 Å². The van der Waals surface area contributed by atoms with Gasteiger partial charge in [0, 0.05) is 19.0 Å². The third-order valence-electron chi connectivity index (χ3n) is 7.96. The number of rotatable bonds is 16. The fourth-order valence-corrected chi connectivity index (χ4v) is 5.80. The first-order valence-corrected chi connectivity index (χ1v) is 12.6. The molecule has 0 saturated heterocycles. The molecule has 0 amide bonds. The number of allylic oxidation sites excluding steroid dienone is 2. The summed E-state index contributed by atoms with van der Waals surface area (Å²) in [6.07, 6.45) is 18.2. The van der Waals surface area contributed by atoms with Crippen LogP contribution in [0, 0.1) is 23.2 Å². The van der Waals surface area contributed by atoms with E-state index in [1.54, 1.807) is 0 Å². The smallest absolute Gasteiger partial charge is 0.303 e. The van der Waals surface area contributed by atoms with Gasteiger partial charge in [-0.1, -0.05) is 71.4 Å². The number of nitrogens with one attached hydrogen (secondary N) is 1. The molecule has 2 bridgehead atoms. The van der Waals surface area contributed by atoms with Gasteiger partial charge < -0.3 is 15.5 Å². The molecule has 0 aromatic rings. The summed E-state index contributed by atoms with van der Waals surface area (Å²) < 4.78 is 0. The van der Waals surface area contributed by atoms with E-state index in [1.807, 2.05) is 0 Å². The van der Waals surface area contributed by atoms with Crippen LogP contribution in [0.1, 0.15) is 104 Å². The second-order valence-electron chi connectivity index (χ2n) is 10.5. The molecule has 0 aromatic heterocycles. The molecule has 174 valence electrons. The average Bonchev–Trinajstić information content (AvgIpc) is 2.71. The Bertz CT molecular complexity index is 530. The molecular weight excluding hydrogens is 374 g/mol. The number of carbonyl (C=O) groups is 1. The van der Waals surface area contributed by atoms with Crippen molar-refractivity contribution in [2.75, 3.05) is 6.54 Å². The highest BCUT2D eigenvalue weighted by atomic mass is 16.4. The van der Waals surface area contributed by atoms with Gasteiger partial charge in [0.05, 0.1) is 6.10 Å². The molecule has 0 spiro atoms. The Hall–Kier alpha value is -0.870. The minimum Gasteiger partial charge on any atom is -0.481 e. The zero-order chi connectivity index (χ0) is 22.0. The molecule has 5 unspecified atom stereocenters. The summed E-state index contributed by atoms with van der Waals surface area (Å²) >= 11 is 0. The highest BCUT2D eigenvalue weighted by molar-refractivity contribution is 5.66. The molecule has 5 atom stereocenters. The van der Waals surface area contributed by atoms with E-state index < -0.39 is 5.97 Å². The minimum atomic E-state index is -0.707. The van der Waals surface area contributed by atoms with E-state index in [1.165, 1.54) is 44.9 Å². The topological polar surface area (TPSA) is 69.6 Å². The predicted octanol–water partition coefficient (Wildman–Crippen LogP) is 5.94. The van der Waals surface area contributed by atoms with Crippen LogP contribution in [0.3, 0.4) is 0 Å². The van der Waals surface area contributed by atoms with Crippen molar-refractivity contribution in [3.63, 3.8) is 0 Å². The van der Waals surface area contributed by atoms with Crippen molar-refractivity contribution < 1.29 is 15.0 Å². The van der Waals surface area contributed by atoms with Crippen molar-refractivity contribution in [1.82, 2.24) is 5.32 Å². The normalized spacial score (nSPS) is 28.4. The van der Waals surface area contributed by atoms with E-state index in [0.717, 1.165) is 50.5 Å². The number of aliphatic hydroxyl groups is 1. The molecule has 4 heteroatoms. The van der Waals surface area contributed by atoms with Crippen molar-refractivity contribution in [1.29, 1.82) is 0 Å². The lowest BCUT2D eigenvalue weighted by Gasteiger charge is -2.63. The molecule has 3 saturated carbocycles. The maximum Gasteiger partial charge on any atom is 0.303 e. The summed E-state index contributed by atoms with van der Waals surface area (Å²) in [5, 5.41) is 22.9. The summed E-state index contributed by atoms with van der Waals surface area (Å²) in [6, 6.07) is 0.504. The summed E-state index contributed by atoms with van der Waals surface area (Å²) in [4.78, 5) is 10.6. The van der Waals surface area contributed by atoms with Crippen molar-refractivity contribution in [3.8, 4) is 0 Å². The largest absolute Gasteiger partial charge is 0.481 e. The van der Waals surface area contributed by atoms with Crippen molar-refractivity contribution in [2.24, 2.45) is 23.2 Å². The molecule has 4 nitrogen and oxygen atoms in total. The summed E-state index contributed by atoms with van der Waals surface area (Å²) in [6.45, 7) is 7.82. The van der Waals surface area contributed by atoms with E-state index in [0.29, 0.717) is 17.4 Å². The van der Waals surface area contributed by atoms with Crippen LogP contribution < -0.4 is 5.32 Å². The minimum absolute atomic E-state index is 0.227. The van der Waals surface area contributed by atoms with E-state index in [9.17, 15) is 9.90 Å². The third-order valence-corrected chi connectivity index (χ3v) is 7.96. The number of hydrogen-bond acceptors (Lipinski definition) is 3. The average molecular weight is 422 g/mol. The molecule has 0 aromatic carbocycles. The van der Waals surface area contributed by atoms with Crippen molar-refractivity contribution in [2.45, 2.75) is 116 Å². The molecule has 0 aliphatic heterocycles. The Morgan fingerprint density at radius 2 is 1.83 bits per heavy atom. The number of carboxylic acids is 1. The Labute approximate surface area is 184 Å². The van der Waals surface area contributed by atoms with E-state index in [-0.39, 0.29) is 12.5 Å². The number of aliphatic hydroxyl groups excluding tert-OH is 1. The standard InChI is InChI=1S/C26H47NO3/c1-4-5-6-7-8-11-14-21(28)19-27-24-18-20-17-23(26(20,2)3)22(24)15-12-9-10-13-16-25(29)30/h9,12,20-24,27-28H,4-8,10-11,13-19H2,1-3H3,(H,29,30). The maximum absolute atomic E-state index is 10.6. The highest BCUT2D eigenvalue weighted by Crippen LogP contribution is 2.62. The van der Waals surface area contributed by atoms with Crippen LogP contribution in [0.5, 0.6) is 0 Å². The van der Waals surface area contributed by atoms with Gasteiger partial charge in [0.1, 0.15) is 0 Å². The summed E-state index contributed by atoms with van der Waals surface area (Å²) in [7, 11) is 0. The lowest BCUT2D eigenvalue weighted by molar-refractivity contribution is -0.137. The van der Waals surface area contributed by atoms with Gasteiger partial charge in [0.15, 0.2) is 0 Å². The Morgan fingerprint density at radius 1 is 1.10 bits per heavy atom. The molecule has 0 radical (unpaired) electrons. The fourth-order valence-electron chi connectivity index (χ4n) is 5.80. The molecule has 3 rings (SSSR count). The molecule has 0 heterocycles. The molecule has 3 fully saturated rings. The van der Waals surface area contributed by atoms with Crippen LogP contribution >= 0.6 is 0 Å². The molecule has 3 aliphatic rings. The number of aliphatic carboxylic acids is 1. The zero-order valence-corrected chi connectivity index (χ0v) is 19.7. The Balaban J connectivity index is 1.73. The number of carboxylic acid groups (broad SMARTS) is 1. The van der Waals surface area contributed by atoms with Gasteiger partial charge in [0.25, 0.3) is 0 Å². The predicted molar refractivity (Wildman–Crippen MR) is 125 cm³/mol. The monoisotopic (exact) mass is 421 g/mol. The maximum atomic E-state index is 10.6. The van der Waals surface area contributed by atoms with E-state index in [2.05, 4.69) is 38.2 Å². The number of hydrogen-bond donors (Lipinski definition) is 3. The summed E-state index contributed by atoms with van der Waals surface area (Å²) in [5.74, 6) is 1.49. The first kappa shape index (κ1) is 25.4. The van der Waals surface area contributed by atoms with Gasteiger partial charge in [0.2, 0.25) is 0 Å². The van der Waals surface area contributed by atoms with Crippen LogP contribution in [0.2, 0.25) is 0 Å². The summed E-state index contributed by atoms with van der Waals surface area (Å²) in [5.41, 5.74) is 0.442. The van der Waals surface area contributed by atoms with Gasteiger partial charge in [-0.05, 0) is 61.7 Å². The molecule has 3 N–H and O–H groups in total. The second-order valence-corrected chi connectivity index (χ2v) is 10.5. The lowest BCUT2D eigenvalue weighted by Crippen LogP contribution is -2.61. The molecular formula is C26H47NO3. The highest BCUT2D eigenvalue weighted by Gasteiger charge is 2.56. The van der Waals surface area contributed by atoms with Crippen molar-refractivity contribution >= 4 is 5.97 Å². The first-order chi connectivity index (χ1) is 14.4. The number of fused-ring (bicyclic) bond motifs is 2. The van der Waals surface area contributed by atoms with Gasteiger partial charge >= 0.3 is 5.97 Å². The van der Waals surface area contributed by atoms with Crippen LogP contribution in [0.25, 0.3) is 0 Å². The van der Waals surface area contributed by atoms with Gasteiger partial charge in [-0.25, -0.2) is 0 Å². The van der Waals surface area contributed by atoms with Gasteiger partial charge in [-0.3, -0.25) is 4.79 Å². The third kappa shape index (κ3) is 7.67. The first-order valence-electron chi connectivity index (χ1n) is 12.6. The van der Waals surface area contributed by atoms with Gasteiger partial charge in [-0.2, -0.15) is 0 Å². The zero-order valence-electron chi connectivity index (χ0n) is 19.7. The number of unbranched alkanes of at least 4 members (excludes halogenated alkanes) is 6. The van der Waals surface area contributed by atoms with Crippen LogP contribution in [-0.2, 0) is 4.79 Å². The lowest BCUT2D eigenvalue weighted by atomic mass is 9.44. The van der Waals surface area contributed by atoms with Crippen LogP contribution in [-0.4, -0.2) is 34.9 Å². The molecule has 3 aliphatic carbocycles. The fraction of sp³-hybridized carbons (Fsp3) is 0.885. The Kier molecular flexibility index (Phi) is 10.9.